The molecule has 1 aromatic carbocycles. The summed E-state index contributed by atoms with van der Waals surface area (Å²) in [5.74, 6) is 0.350. The lowest BCUT2D eigenvalue weighted by Gasteiger charge is -2.23. The Bertz CT molecular complexity index is 709. The topological polar surface area (TPSA) is 78.5 Å². The first-order valence-corrected chi connectivity index (χ1v) is 9.26. The van der Waals surface area contributed by atoms with Crippen LogP contribution in [0.15, 0.2) is 29.2 Å². The molecule has 3 rings (SSSR count). The van der Waals surface area contributed by atoms with E-state index in [4.69, 9.17) is 0 Å². The normalized spacial score (nSPS) is 23.7. The summed E-state index contributed by atoms with van der Waals surface area (Å²) in [6.45, 7) is 1.46. The molecule has 0 aromatic heterocycles. The van der Waals surface area contributed by atoms with E-state index >= 15 is 0 Å². The van der Waals surface area contributed by atoms with Gasteiger partial charge in [0.05, 0.1) is 11.4 Å². The lowest BCUT2D eigenvalue weighted by molar-refractivity contribution is 0.0737. The van der Waals surface area contributed by atoms with Crippen LogP contribution >= 0.6 is 0 Å². The Kier molecular flexibility index (Phi) is 4.84. The third kappa shape index (κ3) is 3.42. The van der Waals surface area contributed by atoms with Gasteiger partial charge < -0.3 is 10.2 Å². The van der Waals surface area contributed by atoms with Crippen molar-refractivity contribution in [2.75, 3.05) is 26.2 Å². The van der Waals surface area contributed by atoms with E-state index in [9.17, 15) is 22.0 Å². The van der Waals surface area contributed by atoms with Gasteiger partial charge in [0.2, 0.25) is 10.0 Å². The fourth-order valence-electron chi connectivity index (χ4n) is 3.30. The number of amides is 1. The smallest absolute Gasteiger partial charge is 0.254 e. The second-order valence-corrected chi connectivity index (χ2v) is 7.81. The molecule has 0 saturated carbocycles. The SMILES string of the molecule is O=C(c1ccc(S(=O)(=O)NCC(F)F)cc1)N1CC[C@@H]2CNC[C@@H]21. The van der Waals surface area contributed by atoms with Gasteiger partial charge in [0, 0.05) is 31.2 Å². The number of fused-ring (bicyclic) bond motifs is 1. The van der Waals surface area contributed by atoms with E-state index in [1.807, 2.05) is 9.62 Å². The Morgan fingerprint density at radius 2 is 2.00 bits per heavy atom. The predicted octanol–water partition coefficient (Wildman–Crippen LogP) is 0.664. The Morgan fingerprint density at radius 3 is 2.67 bits per heavy atom. The first-order chi connectivity index (χ1) is 11.4. The zero-order valence-corrected chi connectivity index (χ0v) is 13.7. The minimum atomic E-state index is -4.00. The van der Waals surface area contributed by atoms with Gasteiger partial charge in [-0.2, -0.15) is 0 Å². The molecule has 1 amide bonds. The van der Waals surface area contributed by atoms with Crippen molar-refractivity contribution in [3.63, 3.8) is 0 Å². The zero-order valence-electron chi connectivity index (χ0n) is 12.9. The molecule has 2 heterocycles. The van der Waals surface area contributed by atoms with Gasteiger partial charge in [0.25, 0.3) is 12.3 Å². The van der Waals surface area contributed by atoms with Crippen molar-refractivity contribution < 1.29 is 22.0 Å². The molecule has 2 N–H and O–H groups in total. The average Bonchev–Trinajstić information content (AvgIpc) is 3.16. The second kappa shape index (κ2) is 6.73. The van der Waals surface area contributed by atoms with E-state index in [1.165, 1.54) is 24.3 Å². The van der Waals surface area contributed by atoms with Crippen LogP contribution in [-0.4, -0.2) is 57.9 Å². The van der Waals surface area contributed by atoms with Crippen LogP contribution in [-0.2, 0) is 10.0 Å². The largest absolute Gasteiger partial charge is 0.334 e. The molecule has 6 nitrogen and oxygen atoms in total. The minimum Gasteiger partial charge on any atom is -0.334 e. The fourth-order valence-corrected chi connectivity index (χ4v) is 4.31. The Labute approximate surface area is 139 Å². The molecule has 0 bridgehead atoms. The number of hydrogen-bond acceptors (Lipinski definition) is 4. The highest BCUT2D eigenvalue weighted by Gasteiger charge is 2.40. The highest BCUT2D eigenvalue weighted by Crippen LogP contribution is 2.28. The van der Waals surface area contributed by atoms with Gasteiger partial charge in [0.15, 0.2) is 0 Å². The van der Waals surface area contributed by atoms with Crippen molar-refractivity contribution in [3.05, 3.63) is 29.8 Å². The van der Waals surface area contributed by atoms with Crippen LogP contribution in [0.3, 0.4) is 0 Å². The van der Waals surface area contributed by atoms with Gasteiger partial charge in [0.1, 0.15) is 0 Å². The Morgan fingerprint density at radius 1 is 1.29 bits per heavy atom. The predicted molar refractivity (Wildman–Crippen MR) is 83.4 cm³/mol. The maximum Gasteiger partial charge on any atom is 0.254 e. The number of nitrogens with zero attached hydrogens (tertiary/aromatic N) is 1. The van der Waals surface area contributed by atoms with Crippen molar-refractivity contribution in [3.8, 4) is 0 Å². The number of hydrogen-bond donors (Lipinski definition) is 2. The molecule has 2 aliphatic rings. The van der Waals surface area contributed by atoms with E-state index in [-0.39, 0.29) is 16.8 Å². The van der Waals surface area contributed by atoms with Crippen molar-refractivity contribution in [1.82, 2.24) is 14.9 Å². The molecule has 0 unspecified atom stereocenters. The molecule has 2 saturated heterocycles. The van der Waals surface area contributed by atoms with Crippen LogP contribution in [0.2, 0.25) is 0 Å². The van der Waals surface area contributed by atoms with Gasteiger partial charge in [-0.3, -0.25) is 4.79 Å². The van der Waals surface area contributed by atoms with Gasteiger partial charge in [-0.1, -0.05) is 0 Å². The van der Waals surface area contributed by atoms with Crippen molar-refractivity contribution in [2.24, 2.45) is 5.92 Å². The highest BCUT2D eigenvalue weighted by molar-refractivity contribution is 7.89. The van der Waals surface area contributed by atoms with Crippen LogP contribution in [0.5, 0.6) is 0 Å². The average molecular weight is 359 g/mol. The molecule has 0 radical (unpaired) electrons. The number of benzene rings is 1. The molecule has 2 aliphatic heterocycles. The minimum absolute atomic E-state index is 0.129. The van der Waals surface area contributed by atoms with Crippen LogP contribution in [0.25, 0.3) is 0 Å². The van der Waals surface area contributed by atoms with Crippen molar-refractivity contribution in [2.45, 2.75) is 23.8 Å². The molecule has 24 heavy (non-hydrogen) atoms. The van der Waals surface area contributed by atoms with E-state index in [2.05, 4.69) is 5.32 Å². The molecule has 0 aliphatic carbocycles. The molecular weight excluding hydrogens is 340 g/mol. The number of carbonyl (C=O) groups excluding carboxylic acids is 1. The van der Waals surface area contributed by atoms with Gasteiger partial charge in [-0.15, -0.1) is 0 Å². The monoisotopic (exact) mass is 359 g/mol. The Hall–Kier alpha value is -1.58. The van der Waals surface area contributed by atoms with Crippen molar-refractivity contribution >= 4 is 15.9 Å². The molecule has 0 spiro atoms. The van der Waals surface area contributed by atoms with Crippen LogP contribution in [0, 0.1) is 5.92 Å². The number of halogens is 2. The third-order valence-electron chi connectivity index (χ3n) is 4.55. The number of alkyl halides is 2. The standard InChI is InChI=1S/C15H19F2N3O3S/c16-14(17)9-19-24(22,23)12-3-1-10(2-4-12)15(21)20-6-5-11-7-18-8-13(11)20/h1-4,11,13-14,18-19H,5-9H2/t11-,13+/m1/s1. The summed E-state index contributed by atoms with van der Waals surface area (Å²) in [5.41, 5.74) is 0.398. The molecule has 132 valence electrons. The first-order valence-electron chi connectivity index (χ1n) is 7.78. The molecule has 2 atom stereocenters. The summed E-state index contributed by atoms with van der Waals surface area (Å²) >= 11 is 0. The van der Waals surface area contributed by atoms with Gasteiger partial charge in [-0.25, -0.2) is 21.9 Å². The number of carbonyl (C=O) groups is 1. The maximum absolute atomic E-state index is 12.6. The van der Waals surface area contributed by atoms with Crippen LogP contribution in [0.1, 0.15) is 16.8 Å². The number of nitrogens with one attached hydrogen (secondary N) is 2. The Balaban J connectivity index is 1.71. The number of likely N-dealkylation sites (tertiary alicyclic amines) is 1. The summed E-state index contributed by atoms with van der Waals surface area (Å²) in [5, 5.41) is 3.27. The molecule has 2 fully saturated rings. The number of sulfonamides is 1. The second-order valence-electron chi connectivity index (χ2n) is 6.04. The fraction of sp³-hybridized carbons (Fsp3) is 0.533. The van der Waals surface area contributed by atoms with E-state index in [0.29, 0.717) is 18.0 Å². The summed E-state index contributed by atoms with van der Waals surface area (Å²) in [6, 6.07) is 5.57. The first kappa shape index (κ1) is 17.2. The third-order valence-corrected chi connectivity index (χ3v) is 5.98. The van der Waals surface area contributed by atoms with Crippen molar-refractivity contribution in [1.29, 1.82) is 0 Å². The zero-order chi connectivity index (χ0) is 17.3. The van der Waals surface area contributed by atoms with Gasteiger partial charge in [-0.05, 0) is 36.6 Å². The number of rotatable bonds is 5. The van der Waals surface area contributed by atoms with Gasteiger partial charge >= 0.3 is 0 Å². The molecular formula is C15H19F2N3O3S. The summed E-state index contributed by atoms with van der Waals surface area (Å²) in [6.07, 6.45) is -1.79. The molecule has 1 aromatic rings. The van der Waals surface area contributed by atoms with Crippen LogP contribution < -0.4 is 10.0 Å². The van der Waals surface area contributed by atoms with E-state index < -0.39 is 23.0 Å². The quantitative estimate of drug-likeness (QED) is 0.810. The summed E-state index contributed by atoms with van der Waals surface area (Å²) in [4.78, 5) is 14.3. The lowest BCUT2D eigenvalue weighted by Crippen LogP contribution is -2.39. The van der Waals surface area contributed by atoms with E-state index in [0.717, 1.165) is 19.5 Å². The molecule has 9 heteroatoms. The maximum atomic E-state index is 12.6. The lowest BCUT2D eigenvalue weighted by atomic mass is 10.0. The highest BCUT2D eigenvalue weighted by atomic mass is 32.2. The van der Waals surface area contributed by atoms with E-state index in [1.54, 1.807) is 0 Å². The summed E-state index contributed by atoms with van der Waals surface area (Å²) in [7, 11) is -4.00. The van der Waals surface area contributed by atoms with Crippen LogP contribution in [0.4, 0.5) is 8.78 Å². The summed E-state index contributed by atoms with van der Waals surface area (Å²) < 4.78 is 49.9.